The molecule has 0 spiro atoms. The fourth-order valence-corrected chi connectivity index (χ4v) is 12.1. The Labute approximate surface area is 353 Å². The van der Waals surface area contributed by atoms with Crippen LogP contribution >= 0.6 is 11.3 Å². The second-order valence-electron chi connectivity index (χ2n) is 21.2. The molecule has 296 valence electrons. The van der Waals surface area contributed by atoms with Crippen LogP contribution < -0.4 is 25.5 Å². The number of nitrogens with zero attached hydrogens (tertiary/aromatic N) is 2. The summed E-state index contributed by atoms with van der Waals surface area (Å²) in [6, 6.07) is 35.7. The Morgan fingerprint density at radius 3 is 1.79 bits per heavy atom. The highest BCUT2D eigenvalue weighted by Crippen LogP contribution is 2.56. The van der Waals surface area contributed by atoms with Crippen LogP contribution in [0.2, 0.25) is 0 Å². The minimum atomic E-state index is 0.0101. The van der Waals surface area contributed by atoms with Crippen LogP contribution in [0, 0.1) is 27.7 Å². The Morgan fingerprint density at radius 2 is 1.17 bits per heavy atom. The molecular weight excluding hydrogens is 719 g/mol. The van der Waals surface area contributed by atoms with E-state index in [-0.39, 0.29) is 28.4 Å². The first-order valence-corrected chi connectivity index (χ1v) is 22.3. The van der Waals surface area contributed by atoms with Crippen LogP contribution in [0.1, 0.15) is 126 Å². The smallest absolute Gasteiger partial charge is 0.264 e. The minimum Gasteiger partial charge on any atom is -0.311 e. The van der Waals surface area contributed by atoms with Gasteiger partial charge in [-0.15, -0.1) is 0 Å². The predicted octanol–water partition coefficient (Wildman–Crippen LogP) is 13.7. The topological polar surface area (TPSA) is 6.48 Å². The van der Waals surface area contributed by atoms with Crippen molar-refractivity contribution in [3.8, 4) is 11.1 Å². The summed E-state index contributed by atoms with van der Waals surface area (Å²) in [5.74, 6) is 0. The Morgan fingerprint density at radius 1 is 0.586 bits per heavy atom. The number of benzene rings is 5. The zero-order chi connectivity index (χ0) is 41.4. The maximum atomic E-state index is 2.69. The molecule has 0 bridgehead atoms. The van der Waals surface area contributed by atoms with Gasteiger partial charge in [0.25, 0.3) is 6.71 Å². The third-order valence-electron chi connectivity index (χ3n) is 13.8. The van der Waals surface area contributed by atoms with E-state index in [0.717, 1.165) is 0 Å². The summed E-state index contributed by atoms with van der Waals surface area (Å²) in [5, 5.41) is 0. The number of hydrogen-bond acceptors (Lipinski definition) is 3. The molecular formula is C54H61BN2S. The molecule has 0 unspecified atom stereocenters. The van der Waals surface area contributed by atoms with Crippen LogP contribution in [-0.4, -0.2) is 6.71 Å². The highest BCUT2D eigenvalue weighted by atomic mass is 32.1. The molecule has 58 heavy (non-hydrogen) atoms. The summed E-state index contributed by atoms with van der Waals surface area (Å²) >= 11 is 2.12. The lowest BCUT2D eigenvalue weighted by Crippen LogP contribution is -2.61. The van der Waals surface area contributed by atoms with Gasteiger partial charge in [0.05, 0.1) is 5.69 Å². The summed E-state index contributed by atoms with van der Waals surface area (Å²) in [7, 11) is 0. The highest BCUT2D eigenvalue weighted by molar-refractivity contribution is 7.29. The van der Waals surface area contributed by atoms with Crippen LogP contribution in [0.3, 0.4) is 0 Å². The Balaban J connectivity index is 1.37. The minimum absolute atomic E-state index is 0.0101. The van der Waals surface area contributed by atoms with E-state index in [9.17, 15) is 0 Å². The van der Waals surface area contributed by atoms with Gasteiger partial charge in [0, 0.05) is 38.1 Å². The van der Waals surface area contributed by atoms with Crippen molar-refractivity contribution in [1.82, 2.24) is 0 Å². The van der Waals surface area contributed by atoms with Gasteiger partial charge in [0.1, 0.15) is 0 Å². The summed E-state index contributed by atoms with van der Waals surface area (Å²) in [6.45, 7) is 33.2. The van der Waals surface area contributed by atoms with Gasteiger partial charge in [-0.1, -0.05) is 118 Å². The van der Waals surface area contributed by atoms with Crippen molar-refractivity contribution in [1.29, 1.82) is 0 Å². The molecule has 0 N–H and O–H groups in total. The number of anilines is 6. The van der Waals surface area contributed by atoms with Gasteiger partial charge < -0.3 is 9.80 Å². The summed E-state index contributed by atoms with van der Waals surface area (Å²) < 4.78 is 1.50. The normalized spacial score (nSPS) is 16.5. The van der Waals surface area contributed by atoms with Crippen LogP contribution in [0.4, 0.5) is 34.1 Å². The molecule has 0 saturated heterocycles. The Kier molecular flexibility index (Phi) is 8.72. The lowest BCUT2D eigenvalue weighted by molar-refractivity contribution is 0.339. The second-order valence-corrected chi connectivity index (χ2v) is 22.2. The second kappa shape index (κ2) is 13.0. The molecule has 1 aliphatic carbocycles. The van der Waals surface area contributed by atoms with Crippen molar-refractivity contribution in [2.75, 3.05) is 9.80 Å². The van der Waals surface area contributed by atoms with E-state index in [4.69, 9.17) is 0 Å². The average molecular weight is 781 g/mol. The molecule has 4 heteroatoms. The van der Waals surface area contributed by atoms with Crippen molar-refractivity contribution in [3.05, 3.63) is 135 Å². The van der Waals surface area contributed by atoms with Crippen molar-refractivity contribution in [2.45, 2.75) is 131 Å². The average Bonchev–Trinajstić information content (AvgIpc) is 3.56. The first kappa shape index (κ1) is 39.0. The quantitative estimate of drug-likeness (QED) is 0.165. The molecule has 6 aromatic rings. The third-order valence-corrected chi connectivity index (χ3v) is 15.4. The zero-order valence-corrected chi connectivity index (χ0v) is 38.3. The molecule has 0 saturated carbocycles. The monoisotopic (exact) mass is 780 g/mol. The molecule has 3 heterocycles. The summed E-state index contributed by atoms with van der Waals surface area (Å²) in [6.07, 6.45) is 2.38. The Hall–Kier alpha value is -4.54. The van der Waals surface area contributed by atoms with Gasteiger partial charge >= 0.3 is 0 Å². The van der Waals surface area contributed by atoms with Gasteiger partial charge in [0.15, 0.2) is 0 Å². The molecule has 0 atom stereocenters. The lowest BCUT2D eigenvalue weighted by atomic mass is 9.35. The van der Waals surface area contributed by atoms with E-state index in [0.29, 0.717) is 0 Å². The van der Waals surface area contributed by atoms with Gasteiger partial charge in [-0.3, -0.25) is 0 Å². The number of thiophene rings is 1. The maximum absolute atomic E-state index is 2.69. The van der Waals surface area contributed by atoms with E-state index in [1.54, 1.807) is 10.4 Å². The largest absolute Gasteiger partial charge is 0.311 e. The zero-order valence-electron chi connectivity index (χ0n) is 37.5. The molecule has 0 amide bonds. The highest BCUT2D eigenvalue weighted by Gasteiger charge is 2.51. The van der Waals surface area contributed by atoms with Gasteiger partial charge in [0.2, 0.25) is 0 Å². The van der Waals surface area contributed by atoms with Crippen molar-refractivity contribution in [2.24, 2.45) is 0 Å². The van der Waals surface area contributed by atoms with Crippen LogP contribution in [0.15, 0.2) is 91.0 Å². The molecule has 0 fully saturated rings. The molecule has 9 rings (SSSR count). The molecule has 2 aliphatic heterocycles. The van der Waals surface area contributed by atoms with E-state index in [2.05, 4.69) is 209 Å². The first-order chi connectivity index (χ1) is 27.2. The van der Waals surface area contributed by atoms with Gasteiger partial charge in [-0.25, -0.2) is 0 Å². The van der Waals surface area contributed by atoms with Gasteiger partial charge in [-0.05, 0) is 166 Å². The van der Waals surface area contributed by atoms with Crippen LogP contribution in [0.5, 0.6) is 0 Å². The van der Waals surface area contributed by atoms with E-state index in [1.165, 1.54) is 107 Å². The van der Waals surface area contributed by atoms with Crippen LogP contribution in [0.25, 0.3) is 11.1 Å². The molecule has 2 nitrogen and oxygen atoms in total. The number of hydrogen-bond donors (Lipinski definition) is 0. The van der Waals surface area contributed by atoms with E-state index >= 15 is 0 Å². The summed E-state index contributed by atoms with van der Waals surface area (Å²) in [4.78, 5) is 6.88. The lowest BCUT2D eigenvalue weighted by Gasteiger charge is -2.46. The molecule has 1 aromatic heterocycles. The first-order valence-electron chi connectivity index (χ1n) is 21.5. The third kappa shape index (κ3) is 5.95. The molecule has 5 aromatic carbocycles. The molecule has 3 aliphatic rings. The SMILES string of the molecule is Cc1cc2c3c(c1)N(c1ccc(C(C)(C)C)cc1)c1c(sc4c1C(C)(C)CCC4(C)C)B3c1cc(C(C)(C)C)ccc1N2c1ccc(-c2c(C)cccc2C)cc1C. The number of rotatable bonds is 3. The fraction of sp³-hybridized carbons (Fsp3) is 0.370. The van der Waals surface area contributed by atoms with E-state index in [1.807, 2.05) is 0 Å². The van der Waals surface area contributed by atoms with Crippen molar-refractivity contribution >= 4 is 67.9 Å². The standard InChI is InChI=1S/C54H61BN2S/c1-32-28-43-47-44(29-32)57(41-24-18-36(30-35(41)4)45-33(2)16-15-17-34(45)3)42-25-21-38(52(8,9)10)31-40(42)55(47)50-48(46-49(58-50)54(13,14)27-26-53(46,11)12)56(43)39-22-19-37(20-23-39)51(5,6)7/h15-25,28-31H,26-27H2,1-14H3. The van der Waals surface area contributed by atoms with Crippen molar-refractivity contribution < 1.29 is 0 Å². The van der Waals surface area contributed by atoms with Crippen LogP contribution in [-0.2, 0) is 21.7 Å². The van der Waals surface area contributed by atoms with E-state index < -0.39 is 0 Å². The molecule has 0 radical (unpaired) electrons. The predicted molar refractivity (Wildman–Crippen MR) is 255 cm³/mol. The fourth-order valence-electron chi connectivity index (χ4n) is 10.4. The maximum Gasteiger partial charge on any atom is 0.264 e. The van der Waals surface area contributed by atoms with Crippen molar-refractivity contribution in [3.63, 3.8) is 0 Å². The number of aryl methyl sites for hydroxylation is 4. The number of fused-ring (bicyclic) bond motifs is 6. The Bertz CT molecular complexity index is 2620. The summed E-state index contributed by atoms with van der Waals surface area (Å²) in [5.41, 5.74) is 23.0. The van der Waals surface area contributed by atoms with Gasteiger partial charge in [-0.2, -0.15) is 11.3 Å².